The van der Waals surface area contributed by atoms with E-state index in [0.717, 1.165) is 17.7 Å². The molecule has 4 N–H and O–H groups in total. The summed E-state index contributed by atoms with van der Waals surface area (Å²) < 4.78 is 39.6. The van der Waals surface area contributed by atoms with Crippen LogP contribution in [0.4, 0.5) is 13.2 Å². The van der Waals surface area contributed by atoms with Gasteiger partial charge < -0.3 is 40.2 Å². The topological polar surface area (TPSA) is 127 Å². The second kappa shape index (κ2) is 17.6. The lowest BCUT2D eigenvalue weighted by Gasteiger charge is -2.30. The van der Waals surface area contributed by atoms with Crippen LogP contribution in [-0.4, -0.2) is 77.4 Å². The van der Waals surface area contributed by atoms with Crippen LogP contribution in [-0.2, 0) is 16.1 Å². The molecule has 39 heavy (non-hydrogen) atoms. The average Bonchev–Trinajstić information content (AvgIpc) is 3.23. The smallest absolute Gasteiger partial charge is 0.342 e. The van der Waals surface area contributed by atoms with Crippen LogP contribution < -0.4 is 15.4 Å². The van der Waals surface area contributed by atoms with E-state index in [4.69, 9.17) is 14.6 Å². The summed E-state index contributed by atoms with van der Waals surface area (Å²) >= 11 is 0. The Morgan fingerprint density at radius 1 is 1.31 bits per heavy atom. The minimum atomic E-state index is -3.17. The van der Waals surface area contributed by atoms with E-state index < -0.39 is 18.8 Å². The molecule has 1 atom stereocenters. The van der Waals surface area contributed by atoms with E-state index in [-0.39, 0.29) is 12.5 Å². The lowest BCUT2D eigenvalue weighted by Crippen LogP contribution is -2.44. The first-order valence-electron chi connectivity index (χ1n) is 12.1. The highest BCUT2D eigenvalue weighted by Crippen LogP contribution is 2.26. The number of alkyl halides is 2. The highest BCUT2D eigenvalue weighted by atomic mass is 19.3. The summed E-state index contributed by atoms with van der Waals surface area (Å²) in [6.07, 6.45) is 2.37. The van der Waals surface area contributed by atoms with Crippen molar-refractivity contribution in [3.05, 3.63) is 71.2 Å². The monoisotopic (exact) mass is 555 g/mol. The van der Waals surface area contributed by atoms with Crippen molar-refractivity contribution < 1.29 is 37.7 Å². The van der Waals surface area contributed by atoms with Crippen molar-refractivity contribution in [1.82, 2.24) is 25.4 Å². The number of hydrogen-bond acceptors (Lipinski definition) is 9. The van der Waals surface area contributed by atoms with Crippen molar-refractivity contribution in [3.8, 4) is 5.75 Å². The third-order valence-electron chi connectivity index (χ3n) is 5.20. The number of aryl methyl sites for hydroxylation is 1. The zero-order valence-corrected chi connectivity index (χ0v) is 22.2. The van der Waals surface area contributed by atoms with E-state index in [1.807, 2.05) is 37.7 Å². The molecular formula is C26H36F3N5O5. The average molecular weight is 556 g/mol. The molecule has 216 valence electrons. The molecule has 1 aromatic heterocycles. The van der Waals surface area contributed by atoms with Crippen LogP contribution >= 0.6 is 0 Å². The number of carbonyl (C=O) groups is 2. The molecule has 13 heteroatoms. The predicted octanol–water partition coefficient (Wildman–Crippen LogP) is 2.32. The number of nitrogens with zero attached hydrogens (tertiary/aromatic N) is 3. The van der Waals surface area contributed by atoms with Gasteiger partial charge in [0, 0.05) is 44.7 Å². The van der Waals surface area contributed by atoms with Gasteiger partial charge >= 0.3 is 6.61 Å². The molecule has 0 radical (unpaired) electrons. The maximum atomic E-state index is 13.8. The Morgan fingerprint density at radius 3 is 2.56 bits per heavy atom. The molecule has 0 saturated carbocycles. The summed E-state index contributed by atoms with van der Waals surface area (Å²) in [5.74, 6) is 0.285. The Balaban J connectivity index is 0.00000116. The molecule has 2 heterocycles. The molecule has 1 amide bonds. The molecule has 0 bridgehead atoms. The second-order valence-electron chi connectivity index (χ2n) is 8.24. The fraction of sp³-hybridized carbons (Fsp3) is 0.423. The molecule has 0 fully saturated rings. The Labute approximate surface area is 226 Å². The number of pyridine rings is 1. The summed E-state index contributed by atoms with van der Waals surface area (Å²) in [6.45, 7) is 4.20. The molecule has 10 nitrogen and oxygen atoms in total. The zero-order valence-electron chi connectivity index (χ0n) is 22.2. The van der Waals surface area contributed by atoms with Gasteiger partial charge in [-0.25, -0.2) is 4.39 Å². The number of benzene rings is 1. The maximum Gasteiger partial charge on any atom is 0.342 e. The summed E-state index contributed by atoms with van der Waals surface area (Å²) in [6, 6.07) is 9.77. The molecule has 1 aromatic carbocycles. The highest BCUT2D eigenvalue weighted by Gasteiger charge is 2.38. The van der Waals surface area contributed by atoms with Gasteiger partial charge in [0.2, 0.25) is 0 Å². The first-order chi connectivity index (χ1) is 18.7. The fourth-order valence-electron chi connectivity index (χ4n) is 3.45. The van der Waals surface area contributed by atoms with Crippen LogP contribution in [0.15, 0.2) is 54.1 Å². The van der Waals surface area contributed by atoms with Gasteiger partial charge in [-0.3, -0.25) is 9.78 Å². The summed E-state index contributed by atoms with van der Waals surface area (Å²) in [5.41, 5.74) is 2.22. The number of amides is 1. The van der Waals surface area contributed by atoms with Gasteiger partial charge in [-0.05, 0) is 43.5 Å². The van der Waals surface area contributed by atoms with E-state index >= 15 is 0 Å². The summed E-state index contributed by atoms with van der Waals surface area (Å²) in [4.78, 5) is 29.2. The van der Waals surface area contributed by atoms with Crippen molar-refractivity contribution in [2.45, 2.75) is 46.2 Å². The predicted molar refractivity (Wildman–Crippen MR) is 138 cm³/mol. The van der Waals surface area contributed by atoms with E-state index in [2.05, 4.69) is 15.6 Å². The number of halogens is 3. The van der Waals surface area contributed by atoms with Gasteiger partial charge in [-0.15, -0.1) is 0 Å². The van der Waals surface area contributed by atoms with E-state index in [1.54, 1.807) is 30.3 Å². The Bertz CT molecular complexity index is 1040. The summed E-state index contributed by atoms with van der Waals surface area (Å²) in [7, 11) is 1.70. The number of carbonyl (C=O) groups excluding carboxylic acids is 2. The molecule has 0 aliphatic carbocycles. The van der Waals surface area contributed by atoms with Crippen molar-refractivity contribution in [2.24, 2.45) is 0 Å². The molecule has 1 unspecified atom stereocenters. The van der Waals surface area contributed by atoms with Gasteiger partial charge in [-0.2, -0.15) is 8.78 Å². The van der Waals surface area contributed by atoms with Crippen molar-refractivity contribution in [1.29, 1.82) is 0 Å². The van der Waals surface area contributed by atoms with Gasteiger partial charge in [0.05, 0.1) is 6.54 Å². The van der Waals surface area contributed by atoms with Crippen LogP contribution in [0.1, 0.15) is 31.0 Å². The van der Waals surface area contributed by atoms with Gasteiger partial charge in [-0.1, -0.05) is 19.1 Å². The van der Waals surface area contributed by atoms with Gasteiger partial charge in [0.25, 0.3) is 12.3 Å². The van der Waals surface area contributed by atoms with Crippen molar-refractivity contribution in [2.75, 3.05) is 26.7 Å². The van der Waals surface area contributed by atoms with Gasteiger partial charge in [0.1, 0.15) is 29.9 Å². The molecule has 0 saturated heterocycles. The van der Waals surface area contributed by atoms with Crippen LogP contribution in [0.25, 0.3) is 0 Å². The second-order valence-corrected chi connectivity index (χ2v) is 8.24. The molecule has 1 aliphatic rings. The number of nitrogens with one attached hydrogen (secondary N) is 2. The third kappa shape index (κ3) is 11.2. The van der Waals surface area contributed by atoms with Crippen LogP contribution in [0.2, 0.25) is 0 Å². The molecule has 0 spiro atoms. The number of likely N-dealkylation sites (N-methyl/N-ethyl adjacent to an activating group) is 1. The largest absolute Gasteiger partial charge is 0.452 e. The van der Waals surface area contributed by atoms with E-state index in [9.17, 15) is 23.1 Å². The lowest BCUT2D eigenvalue weighted by atomic mass is 10.2. The SMILES string of the molecule is C=O.CCCNC1=C(C(=O)N(C)CCCO)N(Cc2ccc(C)nc2)C(Oc2cccc(F)c2)N1.OC(F)F. The zero-order chi connectivity index (χ0) is 29.4. The van der Waals surface area contributed by atoms with Crippen molar-refractivity contribution in [3.63, 3.8) is 0 Å². The van der Waals surface area contributed by atoms with E-state index in [0.29, 0.717) is 43.3 Å². The Hall–Kier alpha value is -3.84. The number of aromatic nitrogens is 1. The van der Waals surface area contributed by atoms with Crippen LogP contribution in [0, 0.1) is 12.7 Å². The minimum Gasteiger partial charge on any atom is -0.452 e. The van der Waals surface area contributed by atoms with E-state index in [1.165, 1.54) is 12.1 Å². The Morgan fingerprint density at radius 2 is 2.00 bits per heavy atom. The Kier molecular flexibility index (Phi) is 15.0. The number of aliphatic hydroxyl groups is 2. The quantitative estimate of drug-likeness (QED) is 0.330. The normalized spacial score (nSPS) is 14.1. The van der Waals surface area contributed by atoms with Crippen LogP contribution in [0.3, 0.4) is 0 Å². The first kappa shape index (κ1) is 33.2. The molecule has 2 aromatic rings. The number of aliphatic hydroxyl groups excluding tert-OH is 2. The first-order valence-corrected chi connectivity index (χ1v) is 12.1. The standard InChI is InChI=1S/C24H32FN5O3.CH2F2O.CH2O/c1-4-11-26-22-21(23(32)29(3)12-6-13-31)30(16-18-10-9-17(2)27-15-18)24(28-22)33-20-8-5-7-19(25)14-20;2-1(3)4;1-2/h5,7-10,14-15,24,26,28,31H,4,6,11-13,16H2,1-3H3;1,4H;1H2. The number of ether oxygens (including phenoxy) is 1. The highest BCUT2D eigenvalue weighted by molar-refractivity contribution is 5.93. The lowest BCUT2D eigenvalue weighted by molar-refractivity contribution is -0.128. The van der Waals surface area contributed by atoms with Gasteiger partial charge in [0.15, 0.2) is 0 Å². The molecular weight excluding hydrogens is 519 g/mol. The fourth-order valence-corrected chi connectivity index (χ4v) is 3.45. The minimum absolute atomic E-state index is 0.0000823. The summed E-state index contributed by atoms with van der Waals surface area (Å²) in [5, 5.41) is 22.4. The number of rotatable bonds is 11. The van der Waals surface area contributed by atoms with Crippen molar-refractivity contribution >= 4 is 12.7 Å². The van der Waals surface area contributed by atoms with Crippen LogP contribution in [0.5, 0.6) is 5.75 Å². The molecule has 1 aliphatic heterocycles. The molecule has 3 rings (SSSR count). The maximum absolute atomic E-state index is 13.8. The number of hydrogen-bond donors (Lipinski definition) is 4. The third-order valence-corrected chi connectivity index (χ3v) is 5.20.